The molecule has 0 saturated heterocycles. The van der Waals surface area contributed by atoms with Crippen LogP contribution in [0, 0.1) is 6.92 Å². The first kappa shape index (κ1) is 19.9. The monoisotopic (exact) mass is 425 g/mol. The summed E-state index contributed by atoms with van der Waals surface area (Å²) in [6, 6.07) is 20.6. The summed E-state index contributed by atoms with van der Waals surface area (Å²) >= 11 is 0. The number of fused-ring (bicyclic) bond motifs is 1. The van der Waals surface area contributed by atoms with E-state index in [1.165, 1.54) is 6.07 Å². The molecule has 1 saturated carbocycles. The minimum absolute atomic E-state index is 0.0881. The molecule has 1 aliphatic carbocycles. The largest absolute Gasteiger partial charge is 0.350 e. The number of rotatable bonds is 6. The zero-order valence-corrected chi connectivity index (χ0v) is 17.7. The summed E-state index contributed by atoms with van der Waals surface area (Å²) in [5, 5.41) is 7.02. The van der Waals surface area contributed by atoms with Crippen molar-refractivity contribution in [3.8, 4) is 5.69 Å². The summed E-state index contributed by atoms with van der Waals surface area (Å²) in [4.78, 5) is 34.3. The Morgan fingerprint density at radius 3 is 2.47 bits per heavy atom. The highest BCUT2D eigenvalue weighted by molar-refractivity contribution is 5.94. The number of aromatic nitrogens is 3. The zero-order valence-electron chi connectivity index (χ0n) is 17.7. The van der Waals surface area contributed by atoms with Gasteiger partial charge in [0.05, 0.1) is 11.4 Å². The van der Waals surface area contributed by atoms with Gasteiger partial charge in [-0.3, -0.25) is 14.2 Å². The number of hydrogen-bond donors (Lipinski definition) is 2. The first-order chi connectivity index (χ1) is 15.6. The fraction of sp³-hybridized carbons (Fsp3) is 0.200. The Hall–Kier alpha value is -4.00. The van der Waals surface area contributed by atoms with E-state index in [2.05, 4.69) is 20.6 Å². The maximum absolute atomic E-state index is 12.8. The smallest absolute Gasteiger partial charge is 0.256 e. The third kappa shape index (κ3) is 4.09. The highest BCUT2D eigenvalue weighted by atomic mass is 16.1. The molecule has 0 spiro atoms. The molecular formula is C25H23N5O2. The Kier molecular flexibility index (Phi) is 5.15. The van der Waals surface area contributed by atoms with E-state index in [4.69, 9.17) is 0 Å². The molecule has 0 bridgehead atoms. The summed E-state index contributed by atoms with van der Waals surface area (Å²) in [5.74, 6) is 0.369. The van der Waals surface area contributed by atoms with E-state index in [0.29, 0.717) is 35.4 Å². The molecule has 7 heteroatoms. The molecule has 0 atom stereocenters. The number of pyridine rings is 1. The second kappa shape index (κ2) is 8.26. The van der Waals surface area contributed by atoms with Gasteiger partial charge in [0.25, 0.3) is 11.5 Å². The molecule has 5 rings (SSSR count). The Balaban J connectivity index is 1.50. The van der Waals surface area contributed by atoms with Crippen molar-refractivity contribution in [1.29, 1.82) is 0 Å². The van der Waals surface area contributed by atoms with Gasteiger partial charge in [0, 0.05) is 29.6 Å². The fourth-order valence-corrected chi connectivity index (χ4v) is 3.63. The van der Waals surface area contributed by atoms with Crippen LogP contribution < -0.4 is 16.2 Å². The molecule has 0 unspecified atom stereocenters. The molecule has 2 aromatic carbocycles. The van der Waals surface area contributed by atoms with E-state index in [0.717, 1.165) is 29.5 Å². The average Bonchev–Trinajstić information content (AvgIpc) is 3.62. The van der Waals surface area contributed by atoms with Gasteiger partial charge in [0.1, 0.15) is 0 Å². The third-order valence-corrected chi connectivity index (χ3v) is 5.53. The zero-order chi connectivity index (χ0) is 22.1. The van der Waals surface area contributed by atoms with Crippen LogP contribution in [0.1, 0.15) is 34.5 Å². The minimum Gasteiger partial charge on any atom is -0.350 e. The van der Waals surface area contributed by atoms with Crippen LogP contribution in [0.4, 0.5) is 5.95 Å². The molecule has 1 amide bonds. The number of amides is 1. The lowest BCUT2D eigenvalue weighted by atomic mass is 10.1. The highest BCUT2D eigenvalue weighted by Gasteiger charge is 2.23. The Morgan fingerprint density at radius 2 is 1.75 bits per heavy atom. The average molecular weight is 425 g/mol. The first-order valence-electron chi connectivity index (χ1n) is 10.7. The summed E-state index contributed by atoms with van der Waals surface area (Å²) in [5.41, 5.74) is 3.44. The molecule has 0 radical (unpaired) electrons. The molecular weight excluding hydrogens is 402 g/mol. The van der Waals surface area contributed by atoms with Gasteiger partial charge in [-0.05, 0) is 55.7 Å². The van der Waals surface area contributed by atoms with E-state index in [1.807, 2.05) is 37.3 Å². The number of anilines is 1. The van der Waals surface area contributed by atoms with Crippen LogP contribution in [-0.2, 0) is 6.54 Å². The standard InChI is InChI=1S/C25H23N5O2/c1-16-21-13-14-22(31)30(20-11-7-18(8-12-20)24(32)28-19-9-10-19)23(21)29-25(27-16)26-15-17-5-3-2-4-6-17/h2-8,11-14,19H,9-10,15H2,1H3,(H,28,32)(H,26,27,29). The molecule has 2 heterocycles. The number of nitrogens with one attached hydrogen (secondary N) is 2. The molecule has 160 valence electrons. The van der Waals surface area contributed by atoms with Crippen LogP contribution in [0.3, 0.4) is 0 Å². The van der Waals surface area contributed by atoms with Crippen molar-refractivity contribution in [3.05, 3.63) is 93.9 Å². The number of nitrogens with zero attached hydrogens (tertiary/aromatic N) is 3. The normalized spacial score (nSPS) is 13.2. The van der Waals surface area contributed by atoms with Gasteiger partial charge < -0.3 is 10.6 Å². The minimum atomic E-state index is -0.195. The summed E-state index contributed by atoms with van der Waals surface area (Å²) < 4.78 is 1.56. The van der Waals surface area contributed by atoms with Crippen molar-refractivity contribution in [2.24, 2.45) is 0 Å². The lowest BCUT2D eigenvalue weighted by Gasteiger charge is -2.13. The van der Waals surface area contributed by atoms with Crippen LogP contribution in [0.15, 0.2) is 71.5 Å². The van der Waals surface area contributed by atoms with Crippen LogP contribution in [0.25, 0.3) is 16.7 Å². The van der Waals surface area contributed by atoms with Crippen molar-refractivity contribution in [1.82, 2.24) is 19.9 Å². The van der Waals surface area contributed by atoms with Gasteiger partial charge in [-0.1, -0.05) is 30.3 Å². The second-order valence-electron chi connectivity index (χ2n) is 8.01. The van der Waals surface area contributed by atoms with Crippen LogP contribution >= 0.6 is 0 Å². The molecule has 2 aromatic heterocycles. The van der Waals surface area contributed by atoms with Gasteiger partial charge in [-0.2, -0.15) is 4.98 Å². The van der Waals surface area contributed by atoms with Crippen molar-refractivity contribution in [2.45, 2.75) is 32.4 Å². The fourth-order valence-electron chi connectivity index (χ4n) is 3.63. The Bertz CT molecular complexity index is 1340. The lowest BCUT2D eigenvalue weighted by molar-refractivity contribution is 0.0951. The molecule has 1 fully saturated rings. The van der Waals surface area contributed by atoms with Crippen molar-refractivity contribution in [3.63, 3.8) is 0 Å². The first-order valence-corrected chi connectivity index (χ1v) is 10.7. The van der Waals surface area contributed by atoms with Gasteiger partial charge >= 0.3 is 0 Å². The molecule has 1 aliphatic rings. The SMILES string of the molecule is Cc1nc(NCc2ccccc2)nc2c1ccc(=O)n2-c1ccc(C(=O)NC2CC2)cc1. The third-order valence-electron chi connectivity index (χ3n) is 5.53. The molecule has 32 heavy (non-hydrogen) atoms. The van der Waals surface area contributed by atoms with Crippen molar-refractivity contribution in [2.75, 3.05) is 5.32 Å². The number of benzene rings is 2. The predicted octanol–water partition coefficient (Wildman–Crippen LogP) is 3.59. The maximum atomic E-state index is 12.8. The van der Waals surface area contributed by atoms with E-state index in [-0.39, 0.29) is 11.5 Å². The van der Waals surface area contributed by atoms with Crippen LogP contribution in [-0.4, -0.2) is 26.5 Å². The number of aryl methyl sites for hydroxylation is 1. The number of carbonyl (C=O) groups is 1. The van der Waals surface area contributed by atoms with E-state index < -0.39 is 0 Å². The van der Waals surface area contributed by atoms with E-state index in [9.17, 15) is 9.59 Å². The highest BCUT2D eigenvalue weighted by Crippen LogP contribution is 2.21. The molecule has 4 aromatic rings. The topological polar surface area (TPSA) is 88.9 Å². The van der Waals surface area contributed by atoms with Crippen molar-refractivity contribution < 1.29 is 4.79 Å². The summed E-state index contributed by atoms with van der Waals surface area (Å²) in [6.07, 6.45) is 2.07. The maximum Gasteiger partial charge on any atom is 0.256 e. The lowest BCUT2D eigenvalue weighted by Crippen LogP contribution is -2.25. The van der Waals surface area contributed by atoms with Gasteiger partial charge in [-0.15, -0.1) is 0 Å². The number of carbonyl (C=O) groups excluding carboxylic acids is 1. The van der Waals surface area contributed by atoms with Gasteiger partial charge in [0.2, 0.25) is 5.95 Å². The molecule has 7 nitrogen and oxygen atoms in total. The van der Waals surface area contributed by atoms with Crippen LogP contribution in [0.2, 0.25) is 0 Å². The molecule has 0 aliphatic heterocycles. The van der Waals surface area contributed by atoms with Crippen LogP contribution in [0.5, 0.6) is 0 Å². The van der Waals surface area contributed by atoms with E-state index in [1.54, 1.807) is 34.9 Å². The van der Waals surface area contributed by atoms with Crippen molar-refractivity contribution >= 4 is 22.9 Å². The number of hydrogen-bond acceptors (Lipinski definition) is 5. The Labute approximate surface area is 185 Å². The summed E-state index contributed by atoms with van der Waals surface area (Å²) in [6.45, 7) is 2.48. The predicted molar refractivity (Wildman–Crippen MR) is 124 cm³/mol. The molecule has 2 N–H and O–H groups in total. The Morgan fingerprint density at radius 1 is 1.00 bits per heavy atom. The summed E-state index contributed by atoms with van der Waals surface area (Å²) in [7, 11) is 0. The van der Waals surface area contributed by atoms with E-state index >= 15 is 0 Å². The van der Waals surface area contributed by atoms with Gasteiger partial charge in [-0.25, -0.2) is 4.98 Å². The second-order valence-corrected chi connectivity index (χ2v) is 8.01. The van der Waals surface area contributed by atoms with Gasteiger partial charge in [0.15, 0.2) is 5.65 Å². The quantitative estimate of drug-likeness (QED) is 0.493.